The van der Waals surface area contributed by atoms with Gasteiger partial charge in [0.2, 0.25) is 0 Å². The molecule has 0 spiro atoms. The molecule has 1 heterocycles. The highest BCUT2D eigenvalue weighted by molar-refractivity contribution is 5.37. The van der Waals surface area contributed by atoms with Crippen molar-refractivity contribution in [3.8, 4) is 5.75 Å². The number of aryl methyl sites for hydroxylation is 1. The molecule has 106 valence electrons. The lowest BCUT2D eigenvalue weighted by molar-refractivity contribution is 0.406. The Morgan fingerprint density at radius 1 is 1.30 bits per heavy atom. The summed E-state index contributed by atoms with van der Waals surface area (Å²) in [6, 6.07) is 9.21. The molecule has 1 aromatic carbocycles. The Morgan fingerprint density at radius 2 is 2.10 bits per heavy atom. The van der Waals surface area contributed by atoms with Gasteiger partial charge >= 0.3 is 0 Å². The molecule has 0 amide bonds. The van der Waals surface area contributed by atoms with Crippen molar-refractivity contribution < 1.29 is 4.74 Å². The number of benzene rings is 1. The van der Waals surface area contributed by atoms with Gasteiger partial charge in [0.15, 0.2) is 0 Å². The van der Waals surface area contributed by atoms with E-state index in [1.54, 1.807) is 13.2 Å². The van der Waals surface area contributed by atoms with Gasteiger partial charge < -0.3 is 10.1 Å². The van der Waals surface area contributed by atoms with Crippen LogP contribution >= 0.6 is 0 Å². The molecule has 0 atom stereocenters. The maximum absolute atomic E-state index is 11.8. The first-order valence-electron chi connectivity index (χ1n) is 6.49. The van der Waals surface area contributed by atoms with Crippen molar-refractivity contribution in [3.63, 3.8) is 0 Å². The van der Waals surface area contributed by atoms with E-state index in [-0.39, 0.29) is 5.56 Å². The van der Waals surface area contributed by atoms with Crippen LogP contribution in [0.4, 0.5) is 0 Å². The third-order valence-corrected chi connectivity index (χ3v) is 3.05. The van der Waals surface area contributed by atoms with Gasteiger partial charge in [0.05, 0.1) is 19.3 Å². The quantitative estimate of drug-likeness (QED) is 0.893. The molecule has 2 rings (SSSR count). The first kappa shape index (κ1) is 14.3. The van der Waals surface area contributed by atoms with Crippen LogP contribution in [-0.4, -0.2) is 23.9 Å². The van der Waals surface area contributed by atoms with Gasteiger partial charge in [0.1, 0.15) is 5.75 Å². The number of methoxy groups -OCH3 is 1. The zero-order valence-corrected chi connectivity index (χ0v) is 12.0. The van der Waals surface area contributed by atoms with Crippen molar-refractivity contribution in [2.75, 3.05) is 14.2 Å². The highest BCUT2D eigenvalue weighted by atomic mass is 16.5. The largest absolute Gasteiger partial charge is 0.496 e. The number of nitrogens with one attached hydrogen (secondary N) is 1. The second kappa shape index (κ2) is 6.34. The summed E-state index contributed by atoms with van der Waals surface area (Å²) >= 11 is 0. The molecular weight excluding hydrogens is 254 g/mol. The van der Waals surface area contributed by atoms with Crippen LogP contribution in [0.1, 0.15) is 16.8 Å². The van der Waals surface area contributed by atoms with Gasteiger partial charge in [-0.05, 0) is 37.7 Å². The second-order valence-electron chi connectivity index (χ2n) is 4.65. The summed E-state index contributed by atoms with van der Waals surface area (Å²) in [5, 5.41) is 7.36. The van der Waals surface area contributed by atoms with Crippen LogP contribution in [-0.2, 0) is 13.1 Å². The number of aromatic nitrogens is 2. The first-order valence-corrected chi connectivity index (χ1v) is 6.49. The smallest absolute Gasteiger partial charge is 0.267 e. The molecule has 0 aliphatic rings. The van der Waals surface area contributed by atoms with Gasteiger partial charge in [-0.25, -0.2) is 4.68 Å². The van der Waals surface area contributed by atoms with Crippen LogP contribution in [0, 0.1) is 6.92 Å². The standard InChI is InChI=1S/C15H19N3O2/c1-11-4-7-15(19)18(17-11)10-13-8-12(9-16-2)5-6-14(13)20-3/h4-8,16H,9-10H2,1-3H3. The Hall–Kier alpha value is -2.14. The molecule has 0 unspecified atom stereocenters. The van der Waals surface area contributed by atoms with E-state index in [9.17, 15) is 4.79 Å². The maximum atomic E-state index is 11.8. The van der Waals surface area contributed by atoms with Crippen molar-refractivity contribution in [2.45, 2.75) is 20.0 Å². The summed E-state index contributed by atoms with van der Waals surface area (Å²) in [5.41, 5.74) is 2.79. The lowest BCUT2D eigenvalue weighted by Crippen LogP contribution is -2.23. The highest BCUT2D eigenvalue weighted by Gasteiger charge is 2.07. The fraction of sp³-hybridized carbons (Fsp3) is 0.333. The van der Waals surface area contributed by atoms with Crippen LogP contribution in [0.3, 0.4) is 0 Å². The Morgan fingerprint density at radius 3 is 2.80 bits per heavy atom. The van der Waals surface area contributed by atoms with E-state index in [1.807, 2.05) is 32.2 Å². The lowest BCUT2D eigenvalue weighted by atomic mass is 10.1. The van der Waals surface area contributed by atoms with Crippen LogP contribution in [0.15, 0.2) is 35.1 Å². The fourth-order valence-electron chi connectivity index (χ4n) is 2.10. The minimum atomic E-state index is -0.114. The van der Waals surface area contributed by atoms with Crippen molar-refractivity contribution in [1.29, 1.82) is 0 Å². The summed E-state index contributed by atoms with van der Waals surface area (Å²) in [4.78, 5) is 11.8. The molecule has 0 aliphatic carbocycles. The summed E-state index contributed by atoms with van der Waals surface area (Å²) in [5.74, 6) is 0.764. The third-order valence-electron chi connectivity index (χ3n) is 3.05. The third kappa shape index (κ3) is 3.24. The zero-order chi connectivity index (χ0) is 14.5. The summed E-state index contributed by atoms with van der Waals surface area (Å²) in [6.45, 7) is 3.04. The van der Waals surface area contributed by atoms with E-state index in [2.05, 4.69) is 10.4 Å². The maximum Gasteiger partial charge on any atom is 0.267 e. The topological polar surface area (TPSA) is 56.1 Å². The van der Waals surface area contributed by atoms with Crippen molar-refractivity contribution in [1.82, 2.24) is 15.1 Å². The summed E-state index contributed by atoms with van der Waals surface area (Å²) in [6.07, 6.45) is 0. The van der Waals surface area contributed by atoms with Gasteiger partial charge in [-0.15, -0.1) is 0 Å². The Labute approximate surface area is 118 Å². The molecule has 20 heavy (non-hydrogen) atoms. The molecule has 1 aromatic heterocycles. The van der Waals surface area contributed by atoms with E-state index in [0.29, 0.717) is 6.54 Å². The average Bonchev–Trinajstić information content (AvgIpc) is 2.44. The average molecular weight is 273 g/mol. The molecule has 0 aliphatic heterocycles. The molecule has 0 radical (unpaired) electrons. The van der Waals surface area contributed by atoms with Gasteiger partial charge in [0, 0.05) is 18.2 Å². The van der Waals surface area contributed by atoms with Gasteiger partial charge in [0.25, 0.3) is 5.56 Å². The van der Waals surface area contributed by atoms with E-state index in [4.69, 9.17) is 4.74 Å². The minimum absolute atomic E-state index is 0.114. The molecular formula is C15H19N3O2. The fourth-order valence-corrected chi connectivity index (χ4v) is 2.10. The minimum Gasteiger partial charge on any atom is -0.496 e. The Kier molecular flexibility index (Phi) is 4.53. The normalized spacial score (nSPS) is 10.6. The van der Waals surface area contributed by atoms with E-state index in [1.165, 1.54) is 10.7 Å². The molecule has 0 saturated heterocycles. The number of nitrogens with zero attached hydrogens (tertiary/aromatic N) is 2. The molecule has 0 fully saturated rings. The monoisotopic (exact) mass is 273 g/mol. The van der Waals surface area contributed by atoms with Crippen LogP contribution in [0.2, 0.25) is 0 Å². The van der Waals surface area contributed by atoms with Crippen molar-refractivity contribution in [2.24, 2.45) is 0 Å². The molecule has 2 aromatic rings. The van der Waals surface area contributed by atoms with Gasteiger partial charge in [-0.1, -0.05) is 6.07 Å². The number of hydrogen-bond donors (Lipinski definition) is 1. The van der Waals surface area contributed by atoms with Gasteiger partial charge in [-0.3, -0.25) is 4.79 Å². The highest BCUT2D eigenvalue weighted by Crippen LogP contribution is 2.20. The second-order valence-corrected chi connectivity index (χ2v) is 4.65. The number of rotatable bonds is 5. The molecule has 5 heteroatoms. The van der Waals surface area contributed by atoms with Crippen LogP contribution in [0.5, 0.6) is 5.75 Å². The number of ether oxygens (including phenoxy) is 1. The molecule has 0 saturated carbocycles. The van der Waals surface area contributed by atoms with E-state index >= 15 is 0 Å². The zero-order valence-electron chi connectivity index (χ0n) is 12.0. The van der Waals surface area contributed by atoms with E-state index < -0.39 is 0 Å². The molecule has 5 nitrogen and oxygen atoms in total. The first-order chi connectivity index (χ1) is 9.63. The molecule has 0 bridgehead atoms. The molecule has 1 N–H and O–H groups in total. The predicted molar refractivity (Wildman–Crippen MR) is 78.1 cm³/mol. The SMILES string of the molecule is CNCc1ccc(OC)c(Cn2nc(C)ccc2=O)c1. The Bertz CT molecular complexity index is 650. The lowest BCUT2D eigenvalue weighted by Gasteiger charge is -2.12. The summed E-state index contributed by atoms with van der Waals surface area (Å²) in [7, 11) is 3.53. The van der Waals surface area contributed by atoms with E-state index in [0.717, 1.165) is 29.1 Å². The van der Waals surface area contributed by atoms with Crippen LogP contribution < -0.4 is 15.6 Å². The summed E-state index contributed by atoms with van der Waals surface area (Å²) < 4.78 is 6.81. The van der Waals surface area contributed by atoms with Crippen molar-refractivity contribution in [3.05, 3.63) is 57.5 Å². The van der Waals surface area contributed by atoms with Gasteiger partial charge in [-0.2, -0.15) is 5.10 Å². The van der Waals surface area contributed by atoms with Crippen molar-refractivity contribution >= 4 is 0 Å². The Balaban J connectivity index is 2.38. The predicted octanol–water partition coefficient (Wildman–Crippen LogP) is 1.33. The number of hydrogen-bond acceptors (Lipinski definition) is 4. The van der Waals surface area contributed by atoms with Crippen LogP contribution in [0.25, 0.3) is 0 Å².